The van der Waals surface area contributed by atoms with Crippen LogP contribution in [0.4, 0.5) is 0 Å². The van der Waals surface area contributed by atoms with Crippen molar-refractivity contribution in [3.63, 3.8) is 0 Å². The van der Waals surface area contributed by atoms with Crippen molar-refractivity contribution in [1.82, 2.24) is 4.90 Å². The molecule has 18 heavy (non-hydrogen) atoms. The van der Waals surface area contributed by atoms with Gasteiger partial charge in [-0.15, -0.1) is 0 Å². The van der Waals surface area contributed by atoms with Gasteiger partial charge < -0.3 is 0 Å². The van der Waals surface area contributed by atoms with E-state index in [4.69, 9.17) is 0 Å². The Kier molecular flexibility index (Phi) is 6.07. The van der Waals surface area contributed by atoms with Gasteiger partial charge in [-0.2, -0.15) is 0 Å². The zero-order valence-electron chi connectivity index (χ0n) is 12.6. The first-order valence-electron chi connectivity index (χ1n) is 7.59. The summed E-state index contributed by atoms with van der Waals surface area (Å²) in [5, 5.41) is 0. The molecule has 0 amide bonds. The Morgan fingerprint density at radius 2 is 1.89 bits per heavy atom. The third-order valence-electron chi connectivity index (χ3n) is 4.47. The molecule has 0 bridgehead atoms. The van der Waals surface area contributed by atoms with E-state index in [9.17, 15) is 4.79 Å². The van der Waals surface area contributed by atoms with Gasteiger partial charge >= 0.3 is 0 Å². The van der Waals surface area contributed by atoms with Gasteiger partial charge in [0, 0.05) is 0 Å². The molecule has 0 aromatic rings. The van der Waals surface area contributed by atoms with Crippen LogP contribution in [0.5, 0.6) is 0 Å². The van der Waals surface area contributed by atoms with Crippen LogP contribution in [0.1, 0.15) is 66.2 Å². The normalized spacial score (nSPS) is 20.2. The molecule has 104 valence electrons. The summed E-state index contributed by atoms with van der Waals surface area (Å²) in [6, 6.07) is 0. The zero-order valence-corrected chi connectivity index (χ0v) is 12.6. The van der Waals surface area contributed by atoms with Gasteiger partial charge in [0.1, 0.15) is 0 Å². The second-order valence-corrected chi connectivity index (χ2v) is 5.46. The van der Waals surface area contributed by atoms with Crippen LogP contribution in [0, 0.1) is 0 Å². The Labute approximate surface area is 112 Å². The van der Waals surface area contributed by atoms with Gasteiger partial charge in [0.15, 0.2) is 5.78 Å². The molecule has 2 nitrogen and oxygen atoms in total. The fraction of sp³-hybridized carbons (Fsp3) is 0.812. The number of allylic oxidation sites excluding steroid dienone is 1. The highest BCUT2D eigenvalue weighted by molar-refractivity contribution is 6.02. The molecule has 0 spiro atoms. The number of hydrogen-bond acceptors (Lipinski definition) is 2. The van der Waals surface area contributed by atoms with E-state index >= 15 is 0 Å². The maximum atomic E-state index is 12.9. The lowest BCUT2D eigenvalue weighted by atomic mass is 9.85. The largest absolute Gasteiger partial charge is 0.292 e. The van der Waals surface area contributed by atoms with Crippen molar-refractivity contribution in [3.8, 4) is 0 Å². The van der Waals surface area contributed by atoms with Crippen LogP contribution < -0.4 is 0 Å². The van der Waals surface area contributed by atoms with E-state index in [1.54, 1.807) is 0 Å². The molecule has 1 unspecified atom stereocenters. The molecular formula is C16H29NO. The van der Waals surface area contributed by atoms with Crippen molar-refractivity contribution in [3.05, 3.63) is 11.6 Å². The molecule has 0 saturated heterocycles. The van der Waals surface area contributed by atoms with Crippen molar-refractivity contribution in [2.75, 3.05) is 13.1 Å². The number of hydrogen-bond donors (Lipinski definition) is 0. The summed E-state index contributed by atoms with van der Waals surface area (Å²) in [4.78, 5) is 15.2. The molecule has 0 fully saturated rings. The van der Waals surface area contributed by atoms with Crippen molar-refractivity contribution in [1.29, 1.82) is 0 Å². The summed E-state index contributed by atoms with van der Waals surface area (Å²) in [6.45, 7) is 10.4. The minimum atomic E-state index is -0.306. The fourth-order valence-corrected chi connectivity index (χ4v) is 3.02. The van der Waals surface area contributed by atoms with E-state index in [0.717, 1.165) is 37.9 Å². The topological polar surface area (TPSA) is 20.3 Å². The molecule has 0 aliphatic heterocycles. The van der Waals surface area contributed by atoms with Gasteiger partial charge in [-0.3, -0.25) is 9.69 Å². The van der Waals surface area contributed by atoms with E-state index in [1.165, 1.54) is 19.3 Å². The maximum absolute atomic E-state index is 12.9. The molecular weight excluding hydrogens is 222 g/mol. The first-order chi connectivity index (χ1) is 8.60. The van der Waals surface area contributed by atoms with Crippen LogP contribution in [0.2, 0.25) is 0 Å². The van der Waals surface area contributed by atoms with Crippen LogP contribution >= 0.6 is 0 Å². The van der Waals surface area contributed by atoms with Crippen LogP contribution in [0.25, 0.3) is 0 Å². The van der Waals surface area contributed by atoms with Crippen molar-refractivity contribution in [2.24, 2.45) is 0 Å². The first-order valence-corrected chi connectivity index (χ1v) is 7.59. The Morgan fingerprint density at radius 1 is 1.22 bits per heavy atom. The van der Waals surface area contributed by atoms with E-state index in [1.807, 2.05) is 0 Å². The number of rotatable bonds is 6. The zero-order chi connectivity index (χ0) is 13.6. The monoisotopic (exact) mass is 251 g/mol. The van der Waals surface area contributed by atoms with E-state index in [-0.39, 0.29) is 5.54 Å². The lowest BCUT2D eigenvalue weighted by Gasteiger charge is -2.39. The number of carbonyl (C=O) groups is 1. The molecule has 0 N–H and O–H groups in total. The first kappa shape index (κ1) is 15.4. The summed E-state index contributed by atoms with van der Waals surface area (Å²) in [5.74, 6) is 0.371. The van der Waals surface area contributed by atoms with E-state index < -0.39 is 0 Å². The standard InChI is InChI=1S/C16H29NO/c1-5-16(4,17(6-2)7-3)15(18)14-12-10-8-9-11-13-14/h12H,5-11,13H2,1-4H3. The SMILES string of the molecule is CCN(CC)C(C)(CC)C(=O)C1=CCCCCC1. The summed E-state index contributed by atoms with van der Waals surface area (Å²) in [6.07, 6.45) is 8.84. The van der Waals surface area contributed by atoms with Gasteiger partial charge in [0.25, 0.3) is 0 Å². The smallest absolute Gasteiger partial charge is 0.178 e. The highest BCUT2D eigenvalue weighted by Crippen LogP contribution is 2.28. The lowest BCUT2D eigenvalue weighted by molar-refractivity contribution is -0.126. The molecule has 0 aromatic carbocycles. The second-order valence-electron chi connectivity index (χ2n) is 5.46. The Balaban J connectivity index is 2.92. The molecule has 0 heterocycles. The molecule has 1 aliphatic carbocycles. The van der Waals surface area contributed by atoms with Crippen LogP contribution in [0.15, 0.2) is 11.6 Å². The summed E-state index contributed by atoms with van der Waals surface area (Å²) in [5.41, 5.74) is 0.781. The fourth-order valence-electron chi connectivity index (χ4n) is 3.02. The van der Waals surface area contributed by atoms with Gasteiger partial charge in [-0.1, -0.05) is 33.3 Å². The van der Waals surface area contributed by atoms with Crippen molar-refractivity contribution < 1.29 is 4.79 Å². The number of likely N-dealkylation sites (N-methyl/N-ethyl adjacent to an activating group) is 1. The molecule has 0 aromatic heterocycles. The second kappa shape index (κ2) is 7.08. The summed E-state index contributed by atoms with van der Waals surface area (Å²) in [7, 11) is 0. The predicted octanol–water partition coefficient (Wildman–Crippen LogP) is 3.96. The van der Waals surface area contributed by atoms with Gasteiger partial charge in [0.05, 0.1) is 5.54 Å². The minimum absolute atomic E-state index is 0.306. The number of Topliss-reactive ketones (excluding diaryl/α,β-unsaturated/α-hetero) is 1. The van der Waals surface area contributed by atoms with Crippen molar-refractivity contribution in [2.45, 2.75) is 71.8 Å². The number of carbonyl (C=O) groups excluding carboxylic acids is 1. The molecule has 0 saturated carbocycles. The Hall–Kier alpha value is -0.630. The molecule has 1 rings (SSSR count). The highest BCUT2D eigenvalue weighted by Gasteiger charge is 2.37. The molecule has 0 radical (unpaired) electrons. The van der Waals surface area contributed by atoms with E-state index in [0.29, 0.717) is 5.78 Å². The summed E-state index contributed by atoms with van der Waals surface area (Å²) >= 11 is 0. The quantitative estimate of drug-likeness (QED) is 0.712. The average Bonchev–Trinajstić information content (AvgIpc) is 2.67. The third kappa shape index (κ3) is 3.23. The molecule has 1 aliphatic rings. The van der Waals surface area contributed by atoms with Crippen LogP contribution in [-0.4, -0.2) is 29.3 Å². The van der Waals surface area contributed by atoms with Crippen LogP contribution in [0.3, 0.4) is 0 Å². The predicted molar refractivity (Wildman–Crippen MR) is 77.8 cm³/mol. The van der Waals surface area contributed by atoms with Crippen molar-refractivity contribution >= 4 is 5.78 Å². The number of nitrogens with zero attached hydrogens (tertiary/aromatic N) is 1. The van der Waals surface area contributed by atoms with E-state index in [2.05, 4.69) is 38.7 Å². The minimum Gasteiger partial charge on any atom is -0.292 e. The molecule has 2 heteroatoms. The average molecular weight is 251 g/mol. The van der Waals surface area contributed by atoms with Gasteiger partial charge in [-0.25, -0.2) is 0 Å². The number of ketones is 1. The lowest BCUT2D eigenvalue weighted by Crippen LogP contribution is -2.52. The van der Waals surface area contributed by atoms with Gasteiger partial charge in [-0.05, 0) is 57.7 Å². The molecule has 1 atom stereocenters. The third-order valence-corrected chi connectivity index (χ3v) is 4.47. The Morgan fingerprint density at radius 3 is 2.44 bits per heavy atom. The van der Waals surface area contributed by atoms with Gasteiger partial charge in [0.2, 0.25) is 0 Å². The Bertz CT molecular complexity index is 304. The van der Waals surface area contributed by atoms with Crippen LogP contribution in [-0.2, 0) is 4.79 Å². The maximum Gasteiger partial charge on any atom is 0.178 e. The summed E-state index contributed by atoms with van der Waals surface area (Å²) < 4.78 is 0. The highest BCUT2D eigenvalue weighted by atomic mass is 16.1.